The first-order chi connectivity index (χ1) is 7.61. The SMILES string of the molecule is C=CC1C=CC(CCC(O)CC(C)=O)CC1. The molecule has 1 N–H and O–H groups in total. The van der Waals surface area contributed by atoms with Crippen LogP contribution in [-0.2, 0) is 4.79 Å². The van der Waals surface area contributed by atoms with Gasteiger partial charge in [-0.1, -0.05) is 18.2 Å². The van der Waals surface area contributed by atoms with Crippen molar-refractivity contribution in [1.29, 1.82) is 0 Å². The Morgan fingerprint density at radius 3 is 2.81 bits per heavy atom. The number of carbonyl (C=O) groups is 1. The molecule has 0 aliphatic heterocycles. The van der Waals surface area contributed by atoms with Crippen molar-refractivity contribution in [3.8, 4) is 0 Å². The molecule has 3 atom stereocenters. The third-order valence-corrected chi connectivity index (χ3v) is 3.20. The Balaban J connectivity index is 2.24. The van der Waals surface area contributed by atoms with Crippen LogP contribution in [-0.4, -0.2) is 17.0 Å². The van der Waals surface area contributed by atoms with Gasteiger partial charge in [0.15, 0.2) is 0 Å². The number of aliphatic hydroxyl groups excluding tert-OH is 1. The molecule has 90 valence electrons. The fourth-order valence-electron chi connectivity index (χ4n) is 2.18. The fourth-order valence-corrected chi connectivity index (χ4v) is 2.18. The summed E-state index contributed by atoms with van der Waals surface area (Å²) in [5, 5.41) is 9.59. The molecule has 0 aromatic heterocycles. The van der Waals surface area contributed by atoms with E-state index in [0.29, 0.717) is 18.3 Å². The van der Waals surface area contributed by atoms with Gasteiger partial charge in [0.05, 0.1) is 6.10 Å². The van der Waals surface area contributed by atoms with Crippen molar-refractivity contribution in [2.24, 2.45) is 11.8 Å². The Kier molecular flexibility index (Phi) is 5.47. The van der Waals surface area contributed by atoms with Crippen molar-refractivity contribution in [3.05, 3.63) is 24.8 Å². The molecule has 2 heteroatoms. The summed E-state index contributed by atoms with van der Waals surface area (Å²) in [4.78, 5) is 10.8. The lowest BCUT2D eigenvalue weighted by atomic mass is 9.85. The quantitative estimate of drug-likeness (QED) is 0.702. The molecule has 3 unspecified atom stereocenters. The standard InChI is InChI=1S/C14H22O2/c1-3-12-4-6-13(7-5-12)8-9-14(16)10-11(2)15/h3-4,6,12-14,16H,1,5,7-10H2,2H3. The van der Waals surface area contributed by atoms with Crippen LogP contribution in [0.4, 0.5) is 0 Å². The Morgan fingerprint density at radius 2 is 2.31 bits per heavy atom. The van der Waals surface area contributed by atoms with Crippen molar-refractivity contribution in [2.45, 2.75) is 45.1 Å². The normalized spacial score (nSPS) is 26.4. The van der Waals surface area contributed by atoms with Gasteiger partial charge in [-0.3, -0.25) is 4.79 Å². The maximum absolute atomic E-state index is 10.8. The Bertz CT molecular complexity index is 268. The molecule has 16 heavy (non-hydrogen) atoms. The molecule has 0 aromatic rings. The molecule has 0 radical (unpaired) electrons. The lowest BCUT2D eigenvalue weighted by Gasteiger charge is -2.21. The molecule has 0 saturated heterocycles. The van der Waals surface area contributed by atoms with Gasteiger partial charge in [-0.2, -0.15) is 0 Å². The first kappa shape index (κ1) is 13.2. The van der Waals surface area contributed by atoms with E-state index in [2.05, 4.69) is 18.7 Å². The number of rotatable bonds is 6. The van der Waals surface area contributed by atoms with Gasteiger partial charge in [0.2, 0.25) is 0 Å². The maximum Gasteiger partial charge on any atom is 0.132 e. The van der Waals surface area contributed by atoms with E-state index in [0.717, 1.165) is 19.3 Å². The monoisotopic (exact) mass is 222 g/mol. The number of allylic oxidation sites excluding steroid dienone is 3. The predicted molar refractivity (Wildman–Crippen MR) is 66.1 cm³/mol. The van der Waals surface area contributed by atoms with E-state index in [1.165, 1.54) is 13.3 Å². The van der Waals surface area contributed by atoms with Gasteiger partial charge in [0.1, 0.15) is 5.78 Å². The zero-order chi connectivity index (χ0) is 12.0. The molecule has 0 heterocycles. The highest BCUT2D eigenvalue weighted by Gasteiger charge is 2.15. The summed E-state index contributed by atoms with van der Waals surface area (Å²) in [6, 6.07) is 0. The molecular weight excluding hydrogens is 200 g/mol. The summed E-state index contributed by atoms with van der Waals surface area (Å²) < 4.78 is 0. The number of hydrogen-bond acceptors (Lipinski definition) is 2. The first-order valence-electron chi connectivity index (χ1n) is 6.10. The zero-order valence-corrected chi connectivity index (χ0v) is 10.1. The summed E-state index contributed by atoms with van der Waals surface area (Å²) in [5.74, 6) is 1.16. The second-order valence-corrected chi connectivity index (χ2v) is 4.76. The average molecular weight is 222 g/mol. The third-order valence-electron chi connectivity index (χ3n) is 3.20. The molecule has 1 aliphatic rings. The summed E-state index contributed by atoms with van der Waals surface area (Å²) in [5.41, 5.74) is 0. The van der Waals surface area contributed by atoms with Crippen molar-refractivity contribution < 1.29 is 9.90 Å². The van der Waals surface area contributed by atoms with E-state index in [-0.39, 0.29) is 5.78 Å². The van der Waals surface area contributed by atoms with Crippen LogP contribution in [0.3, 0.4) is 0 Å². The number of ketones is 1. The van der Waals surface area contributed by atoms with Gasteiger partial charge in [0, 0.05) is 6.42 Å². The van der Waals surface area contributed by atoms with Gasteiger partial charge in [-0.05, 0) is 44.4 Å². The molecule has 0 bridgehead atoms. The van der Waals surface area contributed by atoms with E-state index in [1.54, 1.807) is 0 Å². The summed E-state index contributed by atoms with van der Waals surface area (Å²) >= 11 is 0. The highest BCUT2D eigenvalue weighted by molar-refractivity contribution is 5.75. The summed E-state index contributed by atoms with van der Waals surface area (Å²) in [6.45, 7) is 5.31. The lowest BCUT2D eigenvalue weighted by Crippen LogP contribution is -2.14. The molecule has 0 aromatic carbocycles. The van der Waals surface area contributed by atoms with E-state index >= 15 is 0 Å². The third kappa shape index (κ3) is 4.75. The smallest absolute Gasteiger partial charge is 0.132 e. The topological polar surface area (TPSA) is 37.3 Å². The Hall–Kier alpha value is -0.890. The van der Waals surface area contributed by atoms with Crippen molar-refractivity contribution in [3.63, 3.8) is 0 Å². The highest BCUT2D eigenvalue weighted by atomic mass is 16.3. The molecule has 1 aliphatic carbocycles. The molecule has 0 spiro atoms. The lowest BCUT2D eigenvalue weighted by molar-refractivity contribution is -0.118. The second-order valence-electron chi connectivity index (χ2n) is 4.76. The Labute approximate surface area is 98.1 Å². The van der Waals surface area contributed by atoms with Crippen LogP contribution in [0.1, 0.15) is 39.0 Å². The van der Waals surface area contributed by atoms with Crippen molar-refractivity contribution in [1.82, 2.24) is 0 Å². The van der Waals surface area contributed by atoms with Crippen LogP contribution in [0.2, 0.25) is 0 Å². The largest absolute Gasteiger partial charge is 0.393 e. The molecule has 0 saturated carbocycles. The van der Waals surface area contributed by atoms with E-state index < -0.39 is 6.10 Å². The van der Waals surface area contributed by atoms with E-state index in [9.17, 15) is 9.90 Å². The van der Waals surface area contributed by atoms with Gasteiger partial charge >= 0.3 is 0 Å². The van der Waals surface area contributed by atoms with Gasteiger partial charge in [-0.25, -0.2) is 0 Å². The molecular formula is C14H22O2. The van der Waals surface area contributed by atoms with Crippen LogP contribution >= 0.6 is 0 Å². The zero-order valence-electron chi connectivity index (χ0n) is 10.1. The van der Waals surface area contributed by atoms with Crippen molar-refractivity contribution in [2.75, 3.05) is 0 Å². The minimum atomic E-state index is -0.456. The Morgan fingerprint density at radius 1 is 1.56 bits per heavy atom. The van der Waals surface area contributed by atoms with E-state index in [4.69, 9.17) is 0 Å². The van der Waals surface area contributed by atoms with Crippen molar-refractivity contribution >= 4 is 5.78 Å². The van der Waals surface area contributed by atoms with Gasteiger partial charge < -0.3 is 5.11 Å². The van der Waals surface area contributed by atoms with Crippen LogP contribution < -0.4 is 0 Å². The number of hydrogen-bond donors (Lipinski definition) is 1. The fraction of sp³-hybridized carbons (Fsp3) is 0.643. The molecule has 0 amide bonds. The minimum absolute atomic E-state index is 0.0680. The second kappa shape index (κ2) is 6.64. The number of aliphatic hydroxyl groups is 1. The summed E-state index contributed by atoms with van der Waals surface area (Å²) in [7, 11) is 0. The molecule has 0 fully saturated rings. The predicted octanol–water partition coefficient (Wildman–Crippen LogP) is 2.88. The van der Waals surface area contributed by atoms with Crippen LogP contribution in [0, 0.1) is 11.8 Å². The first-order valence-corrected chi connectivity index (χ1v) is 6.10. The van der Waals surface area contributed by atoms with Gasteiger partial charge in [0.25, 0.3) is 0 Å². The van der Waals surface area contributed by atoms with Crippen LogP contribution in [0.5, 0.6) is 0 Å². The highest BCUT2D eigenvalue weighted by Crippen LogP contribution is 2.26. The number of Topliss-reactive ketones (excluding diaryl/α,β-unsaturated/α-hetero) is 1. The minimum Gasteiger partial charge on any atom is -0.393 e. The average Bonchev–Trinajstić information content (AvgIpc) is 2.26. The maximum atomic E-state index is 10.8. The van der Waals surface area contributed by atoms with E-state index in [1.807, 2.05) is 6.08 Å². The number of carbonyl (C=O) groups excluding carboxylic acids is 1. The van der Waals surface area contributed by atoms with Crippen LogP contribution in [0.25, 0.3) is 0 Å². The van der Waals surface area contributed by atoms with Crippen LogP contribution in [0.15, 0.2) is 24.8 Å². The summed E-state index contributed by atoms with van der Waals surface area (Å²) in [6.07, 6.45) is 10.3. The molecule has 1 rings (SSSR count). The molecule has 2 nitrogen and oxygen atoms in total. The van der Waals surface area contributed by atoms with Gasteiger partial charge in [-0.15, -0.1) is 6.58 Å².